The monoisotopic (exact) mass is 636 g/mol. The number of aryl methyl sites for hydroxylation is 1. The van der Waals surface area contributed by atoms with Crippen molar-refractivity contribution in [2.24, 2.45) is 0 Å². The number of benzene rings is 2. The second kappa shape index (κ2) is 12.8. The molecule has 2 heterocycles. The maximum Gasteiger partial charge on any atom is 0.404 e. The molecule has 4 rings (SSSR count). The number of anilines is 1. The van der Waals surface area contributed by atoms with E-state index in [1.54, 1.807) is 11.2 Å². The molecule has 0 aromatic heterocycles. The van der Waals surface area contributed by atoms with Crippen molar-refractivity contribution in [1.82, 2.24) is 15.5 Å². The largest absolute Gasteiger partial charge is 0.404 e. The fraction of sp³-hybridized carbons (Fsp3) is 0.500. The summed E-state index contributed by atoms with van der Waals surface area (Å²) < 4.78 is 95.7. The van der Waals surface area contributed by atoms with Crippen LogP contribution in [0.5, 0.6) is 0 Å². The van der Waals surface area contributed by atoms with Crippen molar-refractivity contribution in [2.45, 2.75) is 67.4 Å². The summed E-state index contributed by atoms with van der Waals surface area (Å²) in [5.74, 6) is -4.44. The van der Waals surface area contributed by atoms with Gasteiger partial charge in [0, 0.05) is 31.0 Å². The van der Waals surface area contributed by atoms with Crippen molar-refractivity contribution >= 4 is 29.6 Å². The summed E-state index contributed by atoms with van der Waals surface area (Å²) in [6, 6.07) is 7.35. The van der Waals surface area contributed by atoms with Crippen LogP contribution in [0.15, 0.2) is 47.4 Å². The Bertz CT molecular complexity index is 1290. The van der Waals surface area contributed by atoms with E-state index in [2.05, 4.69) is 10.6 Å². The molecule has 0 radical (unpaired) electrons. The number of nitrogens with zero attached hydrogens (tertiary/aromatic N) is 2. The lowest BCUT2D eigenvalue weighted by atomic mass is 9.90. The Morgan fingerprint density at radius 3 is 2.37 bits per heavy atom. The van der Waals surface area contributed by atoms with E-state index in [1.165, 1.54) is 35.2 Å². The van der Waals surface area contributed by atoms with Gasteiger partial charge >= 0.3 is 18.4 Å². The zero-order valence-corrected chi connectivity index (χ0v) is 23.9. The molecule has 2 atom stereocenters. The lowest BCUT2D eigenvalue weighted by Crippen LogP contribution is -2.48. The first-order chi connectivity index (χ1) is 20.1. The number of urea groups is 1. The van der Waals surface area contributed by atoms with Gasteiger partial charge in [0.2, 0.25) is 5.91 Å². The van der Waals surface area contributed by atoms with E-state index in [0.29, 0.717) is 17.1 Å². The van der Waals surface area contributed by atoms with E-state index in [4.69, 9.17) is 0 Å². The van der Waals surface area contributed by atoms with Crippen molar-refractivity contribution in [1.29, 1.82) is 0 Å². The number of nitrogens with one attached hydrogen (secondary N) is 2. The molecule has 236 valence electrons. The SMILES string of the molecule is CCNC(=O)NCC1(O)CCN(C(=O)C[C@@H]2CCc3cc(C(C(F)(F)F)C(F)(F)F)ccc3N2Sc2ccc(F)cc2)C1. The van der Waals surface area contributed by atoms with Gasteiger partial charge in [-0.25, -0.2) is 9.18 Å². The van der Waals surface area contributed by atoms with E-state index < -0.39 is 47.3 Å². The average molecular weight is 637 g/mol. The summed E-state index contributed by atoms with van der Waals surface area (Å²) in [4.78, 5) is 27.1. The highest BCUT2D eigenvalue weighted by Crippen LogP contribution is 2.48. The standard InChI is InChI=1S/C28H31F7N4O3S/c1-2-36-25(41)37-15-26(42)11-12-38(16-26)23(40)14-20-7-3-17-13-18(24(27(30,31)32)28(33,34)35)4-10-22(17)39(20)43-21-8-5-19(29)6-9-21/h4-6,8-10,13,20,24,42H,2-3,7,11-12,14-16H2,1H3,(H2,36,37,41)/t20-,26?/m0/s1. The number of halogens is 7. The van der Waals surface area contributed by atoms with E-state index in [0.717, 1.165) is 24.1 Å². The summed E-state index contributed by atoms with van der Waals surface area (Å²) in [5.41, 5.74) is -1.63. The number of β-amino-alcohol motifs (C(OH)–C–C–N with tert-alkyl or cyclic N) is 1. The zero-order chi connectivity index (χ0) is 31.6. The Morgan fingerprint density at radius 1 is 1.07 bits per heavy atom. The third-order valence-electron chi connectivity index (χ3n) is 7.44. The van der Waals surface area contributed by atoms with Crippen LogP contribution in [0.25, 0.3) is 0 Å². The molecule has 1 fully saturated rings. The van der Waals surface area contributed by atoms with Crippen LogP contribution in [0.1, 0.15) is 43.2 Å². The number of fused-ring (bicyclic) bond motifs is 1. The van der Waals surface area contributed by atoms with Gasteiger partial charge in [-0.1, -0.05) is 12.1 Å². The Morgan fingerprint density at radius 2 is 1.74 bits per heavy atom. The smallest absolute Gasteiger partial charge is 0.386 e. The molecule has 0 saturated carbocycles. The van der Waals surface area contributed by atoms with Gasteiger partial charge in [-0.2, -0.15) is 26.3 Å². The van der Waals surface area contributed by atoms with Crippen LogP contribution in [-0.4, -0.2) is 72.1 Å². The fourth-order valence-corrected chi connectivity index (χ4v) is 6.42. The van der Waals surface area contributed by atoms with Gasteiger partial charge in [0.15, 0.2) is 5.92 Å². The second-order valence-corrected chi connectivity index (χ2v) is 11.7. The summed E-state index contributed by atoms with van der Waals surface area (Å²) in [5, 5.41) is 16.0. The number of likely N-dealkylation sites (tertiary alicyclic amines) is 1. The molecule has 2 aromatic carbocycles. The summed E-state index contributed by atoms with van der Waals surface area (Å²) >= 11 is 1.10. The van der Waals surface area contributed by atoms with Gasteiger partial charge in [0.05, 0.1) is 18.3 Å². The molecule has 2 aromatic rings. The Hall–Kier alpha value is -3.20. The van der Waals surface area contributed by atoms with Crippen LogP contribution in [0, 0.1) is 5.82 Å². The first kappa shape index (κ1) is 32.7. The molecular weight excluding hydrogens is 605 g/mol. The van der Waals surface area contributed by atoms with Crippen LogP contribution in [0.3, 0.4) is 0 Å². The molecule has 15 heteroatoms. The zero-order valence-electron chi connectivity index (χ0n) is 23.1. The highest BCUT2D eigenvalue weighted by molar-refractivity contribution is 8.00. The maximum absolute atomic E-state index is 13.5. The molecule has 0 spiro atoms. The Labute approximate surface area is 247 Å². The Balaban J connectivity index is 1.55. The predicted octanol–water partition coefficient (Wildman–Crippen LogP) is 5.54. The minimum Gasteiger partial charge on any atom is -0.386 e. The number of carbonyl (C=O) groups excluding carboxylic acids is 2. The topological polar surface area (TPSA) is 84.9 Å². The molecule has 2 aliphatic rings. The van der Waals surface area contributed by atoms with E-state index in [-0.39, 0.29) is 56.8 Å². The van der Waals surface area contributed by atoms with Crippen molar-refractivity contribution < 1.29 is 45.4 Å². The van der Waals surface area contributed by atoms with Crippen LogP contribution >= 0.6 is 11.9 Å². The van der Waals surface area contributed by atoms with Gasteiger partial charge in [0.1, 0.15) is 11.4 Å². The number of rotatable bonds is 8. The van der Waals surface area contributed by atoms with Gasteiger partial charge in [-0.15, -0.1) is 0 Å². The molecule has 0 aliphatic carbocycles. The van der Waals surface area contributed by atoms with Crippen LogP contribution in [0.2, 0.25) is 0 Å². The summed E-state index contributed by atoms with van der Waals surface area (Å²) in [7, 11) is 0. The molecule has 2 aliphatic heterocycles. The number of hydrogen-bond donors (Lipinski definition) is 3. The minimum absolute atomic E-state index is 0.0215. The molecule has 3 amide bonds. The number of carbonyl (C=O) groups is 2. The van der Waals surface area contributed by atoms with Crippen LogP contribution in [-0.2, 0) is 11.2 Å². The molecule has 1 unspecified atom stereocenters. The molecule has 3 N–H and O–H groups in total. The average Bonchev–Trinajstić information content (AvgIpc) is 3.31. The van der Waals surface area contributed by atoms with Crippen molar-refractivity contribution in [3.8, 4) is 0 Å². The van der Waals surface area contributed by atoms with E-state index in [9.17, 15) is 45.4 Å². The van der Waals surface area contributed by atoms with Gasteiger partial charge in [-0.3, -0.25) is 4.79 Å². The van der Waals surface area contributed by atoms with E-state index in [1.807, 2.05) is 0 Å². The number of amides is 3. The molecule has 0 bridgehead atoms. The third kappa shape index (κ3) is 8.05. The summed E-state index contributed by atoms with van der Waals surface area (Å²) in [6.45, 7) is 2.29. The second-order valence-electron chi connectivity index (χ2n) is 10.7. The lowest BCUT2D eigenvalue weighted by molar-refractivity contribution is -0.253. The van der Waals surface area contributed by atoms with Gasteiger partial charge in [-0.05, 0) is 79.6 Å². The molecular formula is C28H31F7N4O3S. The van der Waals surface area contributed by atoms with Crippen molar-refractivity contribution in [3.05, 3.63) is 59.4 Å². The number of alkyl halides is 6. The predicted molar refractivity (Wildman–Crippen MR) is 146 cm³/mol. The number of aliphatic hydroxyl groups is 1. The molecule has 7 nitrogen and oxygen atoms in total. The first-order valence-electron chi connectivity index (χ1n) is 13.6. The normalized spacial score (nSPS) is 20.7. The van der Waals surface area contributed by atoms with Crippen LogP contribution < -0.4 is 14.9 Å². The molecule has 43 heavy (non-hydrogen) atoms. The fourth-order valence-electron chi connectivity index (χ4n) is 5.33. The maximum atomic E-state index is 13.5. The van der Waals surface area contributed by atoms with E-state index >= 15 is 0 Å². The van der Waals surface area contributed by atoms with Crippen molar-refractivity contribution in [3.63, 3.8) is 0 Å². The third-order valence-corrected chi connectivity index (χ3v) is 8.61. The van der Waals surface area contributed by atoms with Gasteiger partial charge < -0.3 is 24.9 Å². The minimum atomic E-state index is -5.54. The van der Waals surface area contributed by atoms with Gasteiger partial charge in [0.25, 0.3) is 0 Å². The Kier molecular flexibility index (Phi) is 9.74. The number of hydrogen-bond acceptors (Lipinski definition) is 5. The highest BCUT2D eigenvalue weighted by Gasteiger charge is 2.57. The van der Waals surface area contributed by atoms with Crippen molar-refractivity contribution in [2.75, 3.05) is 30.5 Å². The highest BCUT2D eigenvalue weighted by atomic mass is 32.2. The summed E-state index contributed by atoms with van der Waals surface area (Å²) in [6.07, 6.45) is -10.5. The first-order valence-corrected chi connectivity index (χ1v) is 14.4. The molecule has 1 saturated heterocycles. The quantitative estimate of drug-likeness (QED) is 0.262. The lowest BCUT2D eigenvalue weighted by Gasteiger charge is -2.38. The van der Waals surface area contributed by atoms with Crippen LogP contribution in [0.4, 0.5) is 41.2 Å².